The molecule has 7 heteroatoms. The smallest absolute Gasteiger partial charge is 0.302 e. The SMILES string of the molecule is CC(=O)OCCc1ccccc1OCc1cc(-c2cccc(CN)c2)c2oc(CNCC3CCCNC3)cc2c1. The molecule has 1 saturated heterocycles. The number of nitrogens with one attached hydrogen (secondary N) is 2. The second-order valence-corrected chi connectivity index (χ2v) is 10.5. The fraction of sp³-hybridized carbons (Fsp3) is 0.364. The number of nitrogens with two attached hydrogens (primary N) is 1. The van der Waals surface area contributed by atoms with Crippen LogP contribution in [0.25, 0.3) is 22.1 Å². The summed E-state index contributed by atoms with van der Waals surface area (Å²) < 4.78 is 17.9. The van der Waals surface area contributed by atoms with Crippen molar-refractivity contribution >= 4 is 16.9 Å². The Morgan fingerprint density at radius 1 is 1.10 bits per heavy atom. The standard InChI is InChI=1S/C33H39N3O4/c1-23(37)38-13-11-27-8-2-3-10-32(27)39-22-26-15-29-17-30(21-36-20-25-7-5-12-35-19-25)40-33(29)31(16-26)28-9-4-6-24(14-28)18-34/h2-4,6,8-10,14-17,25,35-36H,5,7,11-13,18-22,34H2,1H3. The van der Waals surface area contributed by atoms with Crippen LogP contribution in [-0.4, -0.2) is 32.2 Å². The van der Waals surface area contributed by atoms with Crippen LogP contribution in [0.4, 0.5) is 0 Å². The van der Waals surface area contributed by atoms with E-state index in [0.717, 1.165) is 69.9 Å². The zero-order valence-electron chi connectivity index (χ0n) is 23.2. The van der Waals surface area contributed by atoms with Crippen LogP contribution in [0.1, 0.15) is 42.2 Å². The van der Waals surface area contributed by atoms with Crippen LogP contribution < -0.4 is 21.1 Å². The monoisotopic (exact) mass is 541 g/mol. The zero-order valence-corrected chi connectivity index (χ0v) is 23.2. The first-order valence-corrected chi connectivity index (χ1v) is 14.2. The molecule has 4 aromatic rings. The van der Waals surface area contributed by atoms with Crippen molar-refractivity contribution in [2.45, 2.75) is 45.9 Å². The molecule has 2 heterocycles. The van der Waals surface area contributed by atoms with Crippen molar-refractivity contribution in [1.82, 2.24) is 10.6 Å². The Balaban J connectivity index is 1.37. The van der Waals surface area contributed by atoms with Crippen molar-refractivity contribution in [2.24, 2.45) is 11.7 Å². The van der Waals surface area contributed by atoms with Gasteiger partial charge < -0.3 is 30.3 Å². The third-order valence-electron chi connectivity index (χ3n) is 7.38. The third-order valence-corrected chi connectivity index (χ3v) is 7.38. The number of para-hydroxylation sites is 1. The highest BCUT2D eigenvalue weighted by Gasteiger charge is 2.16. The second-order valence-electron chi connectivity index (χ2n) is 10.5. The lowest BCUT2D eigenvalue weighted by atomic mass is 9.99. The Bertz CT molecular complexity index is 1420. The topological polar surface area (TPSA) is 98.8 Å². The molecule has 1 aromatic heterocycles. The average molecular weight is 542 g/mol. The first-order chi connectivity index (χ1) is 19.6. The van der Waals surface area contributed by atoms with Crippen LogP contribution >= 0.6 is 0 Å². The highest BCUT2D eigenvalue weighted by Crippen LogP contribution is 2.34. The number of carbonyl (C=O) groups excluding carboxylic acids is 1. The molecule has 0 saturated carbocycles. The molecule has 0 radical (unpaired) electrons. The number of esters is 1. The average Bonchev–Trinajstić information content (AvgIpc) is 3.39. The lowest BCUT2D eigenvalue weighted by molar-refractivity contribution is -0.140. The second kappa shape index (κ2) is 13.6. The van der Waals surface area contributed by atoms with Gasteiger partial charge in [0.15, 0.2) is 0 Å². The number of rotatable bonds is 12. The molecule has 0 bridgehead atoms. The van der Waals surface area contributed by atoms with Crippen molar-refractivity contribution in [3.8, 4) is 16.9 Å². The number of benzene rings is 3. The Labute approximate surface area is 236 Å². The number of hydrogen-bond donors (Lipinski definition) is 3. The molecule has 5 rings (SSSR count). The van der Waals surface area contributed by atoms with Crippen LogP contribution in [-0.2, 0) is 35.6 Å². The quantitative estimate of drug-likeness (QED) is 0.209. The highest BCUT2D eigenvalue weighted by atomic mass is 16.5. The van der Waals surface area contributed by atoms with Gasteiger partial charge in [-0.2, -0.15) is 0 Å². The van der Waals surface area contributed by atoms with Crippen LogP contribution in [0.5, 0.6) is 5.75 Å². The summed E-state index contributed by atoms with van der Waals surface area (Å²) in [6, 6.07) is 22.6. The van der Waals surface area contributed by atoms with Gasteiger partial charge in [0, 0.05) is 30.8 Å². The van der Waals surface area contributed by atoms with E-state index in [9.17, 15) is 4.79 Å². The number of furan rings is 1. The minimum absolute atomic E-state index is 0.279. The molecule has 0 spiro atoms. The van der Waals surface area contributed by atoms with Crippen LogP contribution in [0.15, 0.2) is 71.1 Å². The fourth-order valence-corrected chi connectivity index (χ4v) is 5.33. The summed E-state index contributed by atoms with van der Waals surface area (Å²) in [5.41, 5.74) is 12.0. The maximum atomic E-state index is 11.2. The Hall–Kier alpha value is -3.65. The maximum Gasteiger partial charge on any atom is 0.302 e. The number of fused-ring (bicyclic) bond motifs is 1. The predicted molar refractivity (Wildman–Crippen MR) is 158 cm³/mol. The van der Waals surface area contributed by atoms with Gasteiger partial charge in [-0.05, 0) is 91.0 Å². The summed E-state index contributed by atoms with van der Waals surface area (Å²) in [4.78, 5) is 11.2. The first-order valence-electron chi connectivity index (χ1n) is 14.2. The van der Waals surface area contributed by atoms with Gasteiger partial charge in [0.1, 0.15) is 23.7 Å². The summed E-state index contributed by atoms with van der Waals surface area (Å²) in [6.07, 6.45) is 3.10. The molecular formula is C33H39N3O4. The summed E-state index contributed by atoms with van der Waals surface area (Å²) in [7, 11) is 0. The van der Waals surface area contributed by atoms with Gasteiger partial charge in [0.25, 0.3) is 0 Å². The number of hydrogen-bond acceptors (Lipinski definition) is 7. The van der Waals surface area contributed by atoms with E-state index in [1.807, 2.05) is 36.4 Å². The molecule has 1 unspecified atom stereocenters. The van der Waals surface area contributed by atoms with E-state index >= 15 is 0 Å². The van der Waals surface area contributed by atoms with E-state index < -0.39 is 0 Å². The summed E-state index contributed by atoms with van der Waals surface area (Å²) in [6.45, 7) is 6.49. The molecule has 210 valence electrons. The molecule has 1 aliphatic rings. The van der Waals surface area contributed by atoms with Crippen molar-refractivity contribution in [2.75, 3.05) is 26.2 Å². The molecule has 4 N–H and O–H groups in total. The summed E-state index contributed by atoms with van der Waals surface area (Å²) in [5, 5.41) is 8.13. The van der Waals surface area contributed by atoms with Gasteiger partial charge >= 0.3 is 5.97 Å². The van der Waals surface area contributed by atoms with Crippen molar-refractivity contribution in [3.63, 3.8) is 0 Å². The van der Waals surface area contributed by atoms with Gasteiger partial charge in [-0.25, -0.2) is 0 Å². The number of ether oxygens (including phenoxy) is 2. The van der Waals surface area contributed by atoms with E-state index in [-0.39, 0.29) is 5.97 Å². The number of carbonyl (C=O) groups is 1. The zero-order chi connectivity index (χ0) is 27.7. The van der Waals surface area contributed by atoms with Crippen molar-refractivity contribution in [1.29, 1.82) is 0 Å². The van der Waals surface area contributed by atoms with Gasteiger partial charge in [-0.3, -0.25) is 4.79 Å². The fourth-order valence-electron chi connectivity index (χ4n) is 5.33. The molecule has 7 nitrogen and oxygen atoms in total. The lowest BCUT2D eigenvalue weighted by Crippen LogP contribution is -2.35. The molecule has 0 amide bonds. The Morgan fingerprint density at radius 3 is 2.83 bits per heavy atom. The lowest BCUT2D eigenvalue weighted by Gasteiger charge is -2.22. The van der Waals surface area contributed by atoms with Crippen LogP contribution in [0, 0.1) is 5.92 Å². The van der Waals surface area contributed by atoms with Crippen LogP contribution in [0.3, 0.4) is 0 Å². The highest BCUT2D eigenvalue weighted by molar-refractivity contribution is 5.93. The maximum absolute atomic E-state index is 11.2. The summed E-state index contributed by atoms with van der Waals surface area (Å²) in [5.74, 6) is 2.09. The van der Waals surface area contributed by atoms with Crippen molar-refractivity contribution < 1.29 is 18.7 Å². The molecule has 1 aliphatic heterocycles. The minimum Gasteiger partial charge on any atom is -0.489 e. The van der Waals surface area contributed by atoms with Gasteiger partial charge in [0.2, 0.25) is 0 Å². The molecule has 3 aromatic carbocycles. The molecule has 1 atom stereocenters. The first kappa shape index (κ1) is 27.9. The predicted octanol–water partition coefficient (Wildman–Crippen LogP) is 5.33. The largest absolute Gasteiger partial charge is 0.489 e. The minimum atomic E-state index is -0.279. The van der Waals surface area contributed by atoms with Crippen molar-refractivity contribution in [3.05, 3.63) is 89.2 Å². The van der Waals surface area contributed by atoms with E-state index in [2.05, 4.69) is 41.0 Å². The van der Waals surface area contributed by atoms with E-state index in [1.165, 1.54) is 19.8 Å². The molecule has 0 aliphatic carbocycles. The van der Waals surface area contributed by atoms with Crippen LogP contribution in [0.2, 0.25) is 0 Å². The summed E-state index contributed by atoms with van der Waals surface area (Å²) >= 11 is 0. The molecule has 40 heavy (non-hydrogen) atoms. The van der Waals surface area contributed by atoms with Gasteiger partial charge in [0.05, 0.1) is 13.2 Å². The Kier molecular flexibility index (Phi) is 9.50. The van der Waals surface area contributed by atoms with E-state index in [4.69, 9.17) is 19.6 Å². The number of piperidine rings is 1. The van der Waals surface area contributed by atoms with E-state index in [0.29, 0.717) is 38.6 Å². The normalized spacial score (nSPS) is 15.3. The van der Waals surface area contributed by atoms with Gasteiger partial charge in [-0.1, -0.05) is 36.4 Å². The van der Waals surface area contributed by atoms with Gasteiger partial charge in [-0.15, -0.1) is 0 Å². The molecule has 1 fully saturated rings. The molecular weight excluding hydrogens is 502 g/mol. The van der Waals surface area contributed by atoms with E-state index in [1.54, 1.807) is 0 Å². The Morgan fingerprint density at radius 2 is 2.00 bits per heavy atom. The third kappa shape index (κ3) is 7.30.